The summed E-state index contributed by atoms with van der Waals surface area (Å²) < 4.78 is 5.36. The Labute approximate surface area is 123 Å². The lowest BCUT2D eigenvalue weighted by molar-refractivity contribution is -0.122. The molecule has 1 saturated heterocycles. The summed E-state index contributed by atoms with van der Waals surface area (Å²) in [5.41, 5.74) is 6.57. The molecule has 1 aliphatic heterocycles. The number of carbonyl (C=O) groups excluding carboxylic acids is 1. The Kier molecular flexibility index (Phi) is 5.41. The highest BCUT2D eigenvalue weighted by molar-refractivity contribution is 5.81. The lowest BCUT2D eigenvalue weighted by atomic mass is 10.0. The largest absolute Gasteiger partial charge is 0.504 e. The zero-order chi connectivity index (χ0) is 15.2. The number of ether oxygens (including phenoxy) is 1. The van der Waals surface area contributed by atoms with Crippen LogP contribution in [-0.4, -0.2) is 41.9 Å². The van der Waals surface area contributed by atoms with Gasteiger partial charge in [0.1, 0.15) is 0 Å². The first-order valence-electron chi connectivity index (χ1n) is 7.18. The molecule has 0 aliphatic carbocycles. The molecular formula is C15H22N2O4. The molecular weight excluding hydrogens is 272 g/mol. The number of rotatable bonds is 5. The van der Waals surface area contributed by atoms with E-state index in [1.807, 2.05) is 0 Å². The van der Waals surface area contributed by atoms with Crippen molar-refractivity contribution in [2.45, 2.75) is 25.3 Å². The molecule has 6 heteroatoms. The highest BCUT2D eigenvalue weighted by Crippen LogP contribution is 2.25. The van der Waals surface area contributed by atoms with Gasteiger partial charge >= 0.3 is 0 Å². The van der Waals surface area contributed by atoms with Crippen LogP contribution in [0.3, 0.4) is 0 Å². The first kappa shape index (κ1) is 15.6. The number of benzene rings is 1. The second-order valence-corrected chi connectivity index (χ2v) is 5.46. The Balaban J connectivity index is 1.79. The molecule has 1 aromatic carbocycles. The summed E-state index contributed by atoms with van der Waals surface area (Å²) in [6.07, 6.45) is 2.39. The fourth-order valence-corrected chi connectivity index (χ4v) is 2.39. The predicted molar refractivity (Wildman–Crippen MR) is 78.0 cm³/mol. The van der Waals surface area contributed by atoms with Crippen LogP contribution >= 0.6 is 0 Å². The molecule has 1 heterocycles. The predicted octanol–water partition coefficient (Wildman–Crippen LogP) is 0.510. The van der Waals surface area contributed by atoms with E-state index in [4.69, 9.17) is 10.5 Å². The summed E-state index contributed by atoms with van der Waals surface area (Å²) in [5, 5.41) is 21.5. The molecule has 5 N–H and O–H groups in total. The van der Waals surface area contributed by atoms with Gasteiger partial charge in [0, 0.05) is 13.2 Å². The smallest absolute Gasteiger partial charge is 0.237 e. The van der Waals surface area contributed by atoms with Gasteiger partial charge < -0.3 is 26.0 Å². The molecule has 1 aliphatic rings. The molecule has 1 unspecified atom stereocenters. The van der Waals surface area contributed by atoms with E-state index in [2.05, 4.69) is 5.32 Å². The quantitative estimate of drug-likeness (QED) is 0.592. The third kappa shape index (κ3) is 4.61. The molecule has 2 atom stereocenters. The van der Waals surface area contributed by atoms with E-state index in [0.717, 1.165) is 19.4 Å². The van der Waals surface area contributed by atoms with Crippen LogP contribution < -0.4 is 11.1 Å². The van der Waals surface area contributed by atoms with E-state index in [1.165, 1.54) is 12.1 Å². The Morgan fingerprint density at radius 1 is 1.43 bits per heavy atom. The van der Waals surface area contributed by atoms with Gasteiger partial charge in [0.15, 0.2) is 11.5 Å². The molecule has 1 amide bonds. The number of nitrogens with two attached hydrogens (primary N) is 1. The number of phenols is 2. The second kappa shape index (κ2) is 7.28. The lowest BCUT2D eigenvalue weighted by Gasteiger charge is -2.23. The van der Waals surface area contributed by atoms with Gasteiger partial charge in [-0.15, -0.1) is 0 Å². The van der Waals surface area contributed by atoms with Crippen LogP contribution in [0.1, 0.15) is 18.4 Å². The Bertz CT molecular complexity index is 487. The van der Waals surface area contributed by atoms with Crippen molar-refractivity contribution in [3.63, 3.8) is 0 Å². The molecule has 116 valence electrons. The summed E-state index contributed by atoms with van der Waals surface area (Å²) in [7, 11) is 0. The van der Waals surface area contributed by atoms with Gasteiger partial charge in [-0.1, -0.05) is 6.07 Å². The summed E-state index contributed by atoms with van der Waals surface area (Å²) >= 11 is 0. The highest BCUT2D eigenvalue weighted by Gasteiger charge is 2.18. The number of hydrogen-bond acceptors (Lipinski definition) is 5. The van der Waals surface area contributed by atoms with Crippen molar-refractivity contribution in [3.8, 4) is 11.5 Å². The molecule has 0 saturated carbocycles. The van der Waals surface area contributed by atoms with Crippen LogP contribution in [0.4, 0.5) is 0 Å². The van der Waals surface area contributed by atoms with E-state index < -0.39 is 6.04 Å². The number of nitrogens with one attached hydrogen (secondary N) is 1. The van der Waals surface area contributed by atoms with Crippen molar-refractivity contribution in [2.24, 2.45) is 11.7 Å². The van der Waals surface area contributed by atoms with Gasteiger partial charge in [0.2, 0.25) is 5.91 Å². The molecule has 1 fully saturated rings. The molecule has 21 heavy (non-hydrogen) atoms. The normalized spacial score (nSPS) is 20.0. The van der Waals surface area contributed by atoms with Gasteiger partial charge in [0.05, 0.1) is 12.6 Å². The fraction of sp³-hybridized carbons (Fsp3) is 0.533. The molecule has 6 nitrogen and oxygen atoms in total. The van der Waals surface area contributed by atoms with Crippen molar-refractivity contribution in [1.29, 1.82) is 0 Å². The maximum Gasteiger partial charge on any atom is 0.237 e. The van der Waals surface area contributed by atoms with Crippen LogP contribution in [0.5, 0.6) is 11.5 Å². The maximum atomic E-state index is 12.0. The Morgan fingerprint density at radius 2 is 2.24 bits per heavy atom. The van der Waals surface area contributed by atoms with Crippen molar-refractivity contribution < 1.29 is 19.7 Å². The summed E-state index contributed by atoms with van der Waals surface area (Å²) in [6.45, 7) is 2.06. The monoisotopic (exact) mass is 294 g/mol. The van der Waals surface area contributed by atoms with E-state index in [9.17, 15) is 15.0 Å². The SMILES string of the molecule is N[C@@H](Cc1ccc(O)c(O)c1)C(=O)NCC1CCCOC1. The minimum atomic E-state index is -0.682. The zero-order valence-corrected chi connectivity index (χ0v) is 11.9. The van der Waals surface area contributed by atoms with E-state index in [-0.39, 0.29) is 17.4 Å². The molecule has 0 bridgehead atoms. The van der Waals surface area contributed by atoms with Gasteiger partial charge in [-0.05, 0) is 42.9 Å². The van der Waals surface area contributed by atoms with E-state index in [1.54, 1.807) is 6.07 Å². The molecule has 0 aromatic heterocycles. The first-order valence-corrected chi connectivity index (χ1v) is 7.18. The summed E-state index contributed by atoms with van der Waals surface area (Å²) in [4.78, 5) is 12.0. The summed E-state index contributed by atoms with van der Waals surface area (Å²) in [6, 6.07) is 3.75. The van der Waals surface area contributed by atoms with Crippen LogP contribution in [0.2, 0.25) is 0 Å². The maximum absolute atomic E-state index is 12.0. The molecule has 2 rings (SSSR count). The number of aromatic hydroxyl groups is 2. The average Bonchev–Trinajstić information content (AvgIpc) is 2.49. The second-order valence-electron chi connectivity index (χ2n) is 5.46. The van der Waals surface area contributed by atoms with Gasteiger partial charge in [-0.25, -0.2) is 0 Å². The zero-order valence-electron chi connectivity index (χ0n) is 11.9. The lowest BCUT2D eigenvalue weighted by Crippen LogP contribution is -2.44. The topological polar surface area (TPSA) is 105 Å². The first-order chi connectivity index (χ1) is 10.1. The standard InChI is InChI=1S/C15H22N2O4/c16-12(6-10-3-4-13(18)14(19)7-10)15(20)17-8-11-2-1-5-21-9-11/h3-4,7,11-12,18-19H,1-2,5-6,8-9,16H2,(H,17,20)/t11?,12-/m0/s1. The summed E-state index contributed by atoms with van der Waals surface area (Å²) in [5.74, 6) is -0.255. The number of phenolic OH excluding ortho intramolecular Hbond substituents is 2. The Morgan fingerprint density at radius 3 is 2.90 bits per heavy atom. The molecule has 0 radical (unpaired) electrons. The van der Waals surface area contributed by atoms with Gasteiger partial charge in [-0.3, -0.25) is 4.79 Å². The number of amides is 1. The van der Waals surface area contributed by atoms with Gasteiger partial charge in [-0.2, -0.15) is 0 Å². The van der Waals surface area contributed by atoms with Crippen molar-refractivity contribution in [3.05, 3.63) is 23.8 Å². The van der Waals surface area contributed by atoms with Crippen LogP contribution in [0.15, 0.2) is 18.2 Å². The van der Waals surface area contributed by atoms with E-state index in [0.29, 0.717) is 31.1 Å². The third-order valence-corrected chi connectivity index (χ3v) is 3.65. The average molecular weight is 294 g/mol. The van der Waals surface area contributed by atoms with Crippen molar-refractivity contribution in [2.75, 3.05) is 19.8 Å². The minimum absolute atomic E-state index is 0.186. The Hall–Kier alpha value is -1.79. The molecule has 1 aromatic rings. The van der Waals surface area contributed by atoms with Crippen molar-refractivity contribution >= 4 is 5.91 Å². The van der Waals surface area contributed by atoms with Gasteiger partial charge in [0.25, 0.3) is 0 Å². The van der Waals surface area contributed by atoms with Crippen LogP contribution in [0, 0.1) is 5.92 Å². The molecule has 0 spiro atoms. The fourth-order valence-electron chi connectivity index (χ4n) is 2.39. The van der Waals surface area contributed by atoms with Crippen LogP contribution in [-0.2, 0) is 16.0 Å². The van der Waals surface area contributed by atoms with E-state index >= 15 is 0 Å². The highest BCUT2D eigenvalue weighted by atomic mass is 16.5. The minimum Gasteiger partial charge on any atom is -0.504 e. The van der Waals surface area contributed by atoms with Crippen molar-refractivity contribution in [1.82, 2.24) is 5.32 Å². The number of carbonyl (C=O) groups is 1. The van der Waals surface area contributed by atoms with Crippen LogP contribution in [0.25, 0.3) is 0 Å². The third-order valence-electron chi connectivity index (χ3n) is 3.65. The number of hydrogen-bond donors (Lipinski definition) is 4.